The fourth-order valence-electron chi connectivity index (χ4n) is 3.31. The van der Waals surface area contributed by atoms with Gasteiger partial charge < -0.3 is 39.1 Å². The Morgan fingerprint density at radius 1 is 0.575 bits per heavy atom. The van der Waals surface area contributed by atoms with Gasteiger partial charge in [-0.1, -0.05) is 17.7 Å². The highest BCUT2D eigenvalue weighted by Crippen LogP contribution is 2.16. The monoisotopic (exact) mass is 560 g/mol. The Kier molecular flexibility index (Phi) is 17.9. The maximum absolute atomic E-state index is 12.1. The summed E-state index contributed by atoms with van der Waals surface area (Å²) in [7, 11) is 1.58. The molecule has 2 aromatic carbocycles. The number of hydrogen-bond donors (Lipinski definition) is 2. The number of carbonyl (C=O) groups is 2. The highest BCUT2D eigenvalue weighted by Gasteiger charge is 2.04. The second-order valence-corrected chi connectivity index (χ2v) is 9.00. The van der Waals surface area contributed by atoms with Crippen molar-refractivity contribution in [3.8, 4) is 11.5 Å². The topological polar surface area (TPSA) is 114 Å². The Bertz CT molecular complexity index is 938. The third-order valence-electron chi connectivity index (χ3n) is 5.51. The standard InChI is InChI=1S/C30H44N2O8/c1-25-7-11-27(12-8-25)40-22-21-36-15-3-4-16-37-24-30(34)32-26-9-13-28(14-10-26)39-20-6-18-35-17-5-19-38-23-29(33)31-2/h7-14H,3-6,15-24H2,1-2H3,(H,31,33)(H,32,34). The van der Waals surface area contributed by atoms with E-state index in [0.29, 0.717) is 58.5 Å². The van der Waals surface area contributed by atoms with Gasteiger partial charge in [0.15, 0.2) is 0 Å². The second kappa shape index (κ2) is 21.6. The number of amides is 2. The fourth-order valence-corrected chi connectivity index (χ4v) is 3.31. The van der Waals surface area contributed by atoms with Crippen LogP contribution in [0.25, 0.3) is 0 Å². The normalized spacial score (nSPS) is 10.8. The van der Waals surface area contributed by atoms with Gasteiger partial charge in [0.2, 0.25) is 11.8 Å². The zero-order valence-corrected chi connectivity index (χ0v) is 23.8. The predicted molar refractivity (Wildman–Crippen MR) is 153 cm³/mol. The molecule has 2 N–H and O–H groups in total. The van der Waals surface area contributed by atoms with Crippen LogP contribution in [0.4, 0.5) is 5.69 Å². The number of ether oxygens (including phenoxy) is 6. The summed E-state index contributed by atoms with van der Waals surface area (Å²) in [5, 5.41) is 5.31. The van der Waals surface area contributed by atoms with Gasteiger partial charge in [0.1, 0.15) is 31.3 Å². The molecule has 0 aliphatic heterocycles. The zero-order valence-electron chi connectivity index (χ0n) is 23.8. The number of nitrogens with one attached hydrogen (secondary N) is 2. The van der Waals surface area contributed by atoms with Crippen molar-refractivity contribution in [3.63, 3.8) is 0 Å². The van der Waals surface area contributed by atoms with Crippen LogP contribution in [-0.4, -0.2) is 84.9 Å². The van der Waals surface area contributed by atoms with Crippen molar-refractivity contribution >= 4 is 17.5 Å². The summed E-state index contributed by atoms with van der Waals surface area (Å²) in [6.07, 6.45) is 3.16. The largest absolute Gasteiger partial charge is 0.494 e. The van der Waals surface area contributed by atoms with Crippen LogP contribution >= 0.6 is 0 Å². The second-order valence-electron chi connectivity index (χ2n) is 9.00. The molecule has 0 aliphatic carbocycles. The summed E-state index contributed by atoms with van der Waals surface area (Å²) >= 11 is 0. The first-order chi connectivity index (χ1) is 19.6. The number of anilines is 1. The van der Waals surface area contributed by atoms with Crippen molar-refractivity contribution in [2.75, 3.05) is 78.4 Å². The molecule has 2 amide bonds. The minimum absolute atomic E-state index is 0.00367. The molecule has 2 aromatic rings. The van der Waals surface area contributed by atoms with E-state index >= 15 is 0 Å². The van der Waals surface area contributed by atoms with Crippen LogP contribution in [-0.2, 0) is 28.5 Å². The molecule has 10 heteroatoms. The van der Waals surface area contributed by atoms with Gasteiger partial charge >= 0.3 is 0 Å². The average Bonchev–Trinajstić information content (AvgIpc) is 2.96. The van der Waals surface area contributed by atoms with Gasteiger partial charge in [0.05, 0.1) is 13.2 Å². The molecule has 2 rings (SSSR count). The van der Waals surface area contributed by atoms with E-state index in [-0.39, 0.29) is 25.0 Å². The van der Waals surface area contributed by atoms with Crippen molar-refractivity contribution < 1.29 is 38.0 Å². The van der Waals surface area contributed by atoms with Crippen LogP contribution in [0.1, 0.15) is 31.2 Å². The van der Waals surface area contributed by atoms with Crippen molar-refractivity contribution in [2.45, 2.75) is 32.6 Å². The molecule has 0 saturated heterocycles. The number of rotatable bonds is 23. The minimum Gasteiger partial charge on any atom is -0.494 e. The summed E-state index contributed by atoms with van der Waals surface area (Å²) in [6.45, 7) is 6.47. The fraction of sp³-hybridized carbons (Fsp3) is 0.533. The molecule has 0 heterocycles. The van der Waals surface area contributed by atoms with Gasteiger partial charge in [-0.3, -0.25) is 9.59 Å². The molecule has 0 aromatic heterocycles. The summed E-state index contributed by atoms with van der Waals surface area (Å²) in [5.41, 5.74) is 1.89. The first-order valence-corrected chi connectivity index (χ1v) is 13.8. The van der Waals surface area contributed by atoms with Crippen molar-refractivity contribution in [1.29, 1.82) is 0 Å². The van der Waals surface area contributed by atoms with Crippen molar-refractivity contribution in [3.05, 3.63) is 54.1 Å². The molecule has 40 heavy (non-hydrogen) atoms. The van der Waals surface area contributed by atoms with Crippen LogP contribution < -0.4 is 20.1 Å². The van der Waals surface area contributed by atoms with Crippen molar-refractivity contribution in [1.82, 2.24) is 5.32 Å². The molecule has 0 saturated carbocycles. The van der Waals surface area contributed by atoms with Crippen LogP contribution in [0.2, 0.25) is 0 Å². The number of hydrogen-bond acceptors (Lipinski definition) is 8. The third-order valence-corrected chi connectivity index (χ3v) is 5.51. The minimum atomic E-state index is -0.200. The molecule has 0 spiro atoms. The molecule has 0 aliphatic rings. The Labute approximate surface area is 237 Å². The molecule has 0 fully saturated rings. The molecule has 0 unspecified atom stereocenters. The molecular formula is C30H44N2O8. The summed E-state index contributed by atoms with van der Waals surface area (Å²) < 4.78 is 33.1. The smallest absolute Gasteiger partial charge is 0.250 e. The zero-order chi connectivity index (χ0) is 28.7. The number of aryl methyl sites for hydroxylation is 1. The number of benzene rings is 2. The van der Waals surface area contributed by atoms with E-state index in [0.717, 1.165) is 37.2 Å². The lowest BCUT2D eigenvalue weighted by atomic mass is 10.2. The number of unbranched alkanes of at least 4 members (excludes halogenated alkanes) is 1. The van der Waals surface area contributed by atoms with E-state index in [1.165, 1.54) is 5.56 Å². The lowest BCUT2D eigenvalue weighted by molar-refractivity contribution is -0.125. The maximum atomic E-state index is 12.1. The first kappa shape index (κ1) is 33.0. The summed E-state index contributed by atoms with van der Waals surface area (Å²) in [5.74, 6) is 1.23. The van der Waals surface area contributed by atoms with E-state index in [1.807, 2.05) is 43.3 Å². The molecule has 222 valence electrons. The van der Waals surface area contributed by atoms with Gasteiger partial charge in [0.25, 0.3) is 0 Å². The Morgan fingerprint density at radius 2 is 1.07 bits per heavy atom. The van der Waals surface area contributed by atoms with Crippen LogP contribution in [0.3, 0.4) is 0 Å². The lowest BCUT2D eigenvalue weighted by Crippen LogP contribution is -2.23. The third kappa shape index (κ3) is 16.7. The Balaban J connectivity index is 1.38. The predicted octanol–water partition coefficient (Wildman–Crippen LogP) is 3.76. The highest BCUT2D eigenvalue weighted by atomic mass is 16.5. The van der Waals surface area contributed by atoms with Crippen LogP contribution in [0.5, 0.6) is 11.5 Å². The average molecular weight is 561 g/mol. The molecule has 0 atom stereocenters. The highest BCUT2D eigenvalue weighted by molar-refractivity contribution is 5.91. The maximum Gasteiger partial charge on any atom is 0.250 e. The Hall–Kier alpha value is -3.18. The quantitative estimate of drug-likeness (QED) is 0.198. The number of carbonyl (C=O) groups excluding carboxylic acids is 2. The van der Waals surface area contributed by atoms with Crippen LogP contribution in [0.15, 0.2) is 48.5 Å². The molecule has 0 bridgehead atoms. The molecule has 0 radical (unpaired) electrons. The van der Waals surface area contributed by atoms with Crippen molar-refractivity contribution in [2.24, 2.45) is 0 Å². The van der Waals surface area contributed by atoms with Gasteiger partial charge in [-0.25, -0.2) is 0 Å². The first-order valence-electron chi connectivity index (χ1n) is 13.8. The van der Waals surface area contributed by atoms with E-state index < -0.39 is 0 Å². The number of likely N-dealkylation sites (N-methyl/N-ethyl adjacent to an activating group) is 1. The van der Waals surface area contributed by atoms with E-state index in [1.54, 1.807) is 19.2 Å². The van der Waals surface area contributed by atoms with Gasteiger partial charge in [-0.15, -0.1) is 0 Å². The summed E-state index contributed by atoms with van der Waals surface area (Å²) in [4.78, 5) is 23.1. The molecular weight excluding hydrogens is 516 g/mol. The lowest BCUT2D eigenvalue weighted by Gasteiger charge is -2.09. The van der Waals surface area contributed by atoms with E-state index in [2.05, 4.69) is 10.6 Å². The summed E-state index contributed by atoms with van der Waals surface area (Å²) in [6, 6.07) is 15.2. The van der Waals surface area contributed by atoms with E-state index in [9.17, 15) is 9.59 Å². The van der Waals surface area contributed by atoms with Gasteiger partial charge in [-0.2, -0.15) is 0 Å². The van der Waals surface area contributed by atoms with Gasteiger partial charge in [0, 0.05) is 52.2 Å². The van der Waals surface area contributed by atoms with Gasteiger partial charge in [-0.05, 0) is 62.6 Å². The van der Waals surface area contributed by atoms with Crippen LogP contribution in [0, 0.1) is 6.92 Å². The Morgan fingerprint density at radius 3 is 1.75 bits per heavy atom. The molecule has 10 nitrogen and oxygen atoms in total. The SMILES string of the molecule is CNC(=O)COCCCOCCCOc1ccc(NC(=O)COCCCCOCCOc2ccc(C)cc2)cc1. The van der Waals surface area contributed by atoms with E-state index in [4.69, 9.17) is 28.4 Å².